The van der Waals surface area contributed by atoms with E-state index < -0.39 is 0 Å². The number of guanidine groups is 1. The first-order valence-corrected chi connectivity index (χ1v) is 8.08. The van der Waals surface area contributed by atoms with Gasteiger partial charge in [0.1, 0.15) is 0 Å². The van der Waals surface area contributed by atoms with Crippen molar-refractivity contribution in [1.82, 2.24) is 10.6 Å². The van der Waals surface area contributed by atoms with Crippen molar-refractivity contribution in [1.29, 1.82) is 0 Å². The first-order chi connectivity index (χ1) is 9.78. The van der Waals surface area contributed by atoms with Crippen LogP contribution in [0.15, 0.2) is 46.3 Å². The minimum atomic E-state index is 0. The van der Waals surface area contributed by atoms with Crippen molar-refractivity contribution in [2.75, 3.05) is 19.3 Å². The Kier molecular flexibility index (Phi) is 8.84. The zero-order valence-corrected chi connectivity index (χ0v) is 15.8. The van der Waals surface area contributed by atoms with Crippen LogP contribution in [0.25, 0.3) is 0 Å². The lowest BCUT2D eigenvalue weighted by atomic mass is 10.2. The van der Waals surface area contributed by atoms with Gasteiger partial charge in [-0.2, -0.15) is 0 Å². The quantitative estimate of drug-likeness (QED) is 0.192. The molecule has 1 aliphatic rings. The molecule has 0 saturated heterocycles. The third-order valence-corrected chi connectivity index (χ3v) is 4.27. The van der Waals surface area contributed by atoms with Gasteiger partial charge in [0.05, 0.1) is 0 Å². The molecule has 0 bridgehead atoms. The molecule has 0 radical (unpaired) electrons. The van der Waals surface area contributed by atoms with Crippen molar-refractivity contribution in [2.45, 2.75) is 30.7 Å². The molecule has 0 spiro atoms. The van der Waals surface area contributed by atoms with Crippen molar-refractivity contribution in [3.63, 3.8) is 0 Å². The number of nitrogens with one attached hydrogen (secondary N) is 2. The second-order valence-electron chi connectivity index (χ2n) is 4.94. The lowest BCUT2D eigenvalue weighted by Crippen LogP contribution is -2.43. The van der Waals surface area contributed by atoms with Gasteiger partial charge in [0, 0.05) is 30.3 Å². The number of nitrogens with zero attached hydrogens (tertiary/aromatic N) is 1. The maximum Gasteiger partial charge on any atom is 0.191 e. The van der Waals surface area contributed by atoms with Crippen molar-refractivity contribution >= 4 is 41.7 Å². The standard InChI is InChI=1S/C16H23N3S.HI/c1-13-7-9-15(10-8-13)20-12-11-18-16(17-2)19-14-5-3-4-6-14;/h3-4,7-10,14H,5-6,11-12H2,1-2H3,(H2,17,18,19);1H. The maximum atomic E-state index is 4.27. The molecule has 0 aromatic heterocycles. The van der Waals surface area contributed by atoms with Crippen LogP contribution in [0.3, 0.4) is 0 Å². The molecule has 21 heavy (non-hydrogen) atoms. The third-order valence-electron chi connectivity index (χ3n) is 3.26. The molecule has 0 heterocycles. The highest BCUT2D eigenvalue weighted by Crippen LogP contribution is 2.17. The van der Waals surface area contributed by atoms with E-state index in [9.17, 15) is 0 Å². The highest BCUT2D eigenvalue weighted by Gasteiger charge is 2.10. The molecule has 0 fully saturated rings. The van der Waals surface area contributed by atoms with E-state index in [1.54, 1.807) is 0 Å². The summed E-state index contributed by atoms with van der Waals surface area (Å²) in [6.07, 6.45) is 6.63. The number of hydrogen-bond acceptors (Lipinski definition) is 2. The SMILES string of the molecule is CN=C(NCCSc1ccc(C)cc1)NC1CC=CC1.I. The van der Waals surface area contributed by atoms with Gasteiger partial charge in [-0.1, -0.05) is 29.8 Å². The van der Waals surface area contributed by atoms with Crippen LogP contribution in [0.2, 0.25) is 0 Å². The highest BCUT2D eigenvalue weighted by atomic mass is 127. The number of halogens is 1. The maximum absolute atomic E-state index is 4.27. The highest BCUT2D eigenvalue weighted by molar-refractivity contribution is 14.0. The zero-order valence-electron chi connectivity index (χ0n) is 12.6. The van der Waals surface area contributed by atoms with Crippen LogP contribution in [-0.2, 0) is 0 Å². The Morgan fingerprint density at radius 1 is 1.24 bits per heavy atom. The summed E-state index contributed by atoms with van der Waals surface area (Å²) in [7, 11) is 1.82. The largest absolute Gasteiger partial charge is 0.356 e. The van der Waals surface area contributed by atoms with Crippen molar-refractivity contribution < 1.29 is 0 Å². The fourth-order valence-corrected chi connectivity index (χ4v) is 2.86. The third kappa shape index (κ3) is 6.74. The molecular formula is C16H24IN3S. The predicted molar refractivity (Wildman–Crippen MR) is 104 cm³/mol. The number of rotatable bonds is 5. The average molecular weight is 417 g/mol. The van der Waals surface area contributed by atoms with Gasteiger partial charge < -0.3 is 10.6 Å². The molecule has 2 N–H and O–H groups in total. The first kappa shape index (κ1) is 18.4. The number of aryl methyl sites for hydroxylation is 1. The van der Waals surface area contributed by atoms with Crippen molar-refractivity contribution in [3.05, 3.63) is 42.0 Å². The molecule has 0 aliphatic heterocycles. The topological polar surface area (TPSA) is 36.4 Å². The molecule has 116 valence electrons. The molecule has 0 unspecified atom stereocenters. The van der Waals surface area contributed by atoms with E-state index in [1.165, 1.54) is 10.5 Å². The Labute approximate surface area is 149 Å². The second-order valence-corrected chi connectivity index (χ2v) is 6.11. The number of hydrogen-bond donors (Lipinski definition) is 2. The lowest BCUT2D eigenvalue weighted by molar-refractivity contribution is 0.636. The number of benzene rings is 1. The van der Waals surface area contributed by atoms with Crippen LogP contribution < -0.4 is 10.6 Å². The van der Waals surface area contributed by atoms with E-state index in [4.69, 9.17) is 0 Å². The Bertz CT molecular complexity index is 463. The Hall–Kier alpha value is -0.690. The molecule has 0 amide bonds. The van der Waals surface area contributed by atoms with Crippen LogP contribution in [0.4, 0.5) is 0 Å². The molecule has 1 aliphatic carbocycles. The summed E-state index contributed by atoms with van der Waals surface area (Å²) in [5, 5.41) is 6.81. The van der Waals surface area contributed by atoms with Crippen LogP contribution >= 0.6 is 35.7 Å². The van der Waals surface area contributed by atoms with Gasteiger partial charge in [-0.05, 0) is 31.9 Å². The van der Waals surface area contributed by atoms with Gasteiger partial charge in [0.25, 0.3) is 0 Å². The van der Waals surface area contributed by atoms with Gasteiger partial charge in [-0.25, -0.2) is 0 Å². The van der Waals surface area contributed by atoms with E-state index in [0.717, 1.165) is 31.1 Å². The molecule has 0 saturated carbocycles. The van der Waals surface area contributed by atoms with Crippen LogP contribution in [-0.4, -0.2) is 31.3 Å². The van der Waals surface area contributed by atoms with Gasteiger partial charge in [0.2, 0.25) is 0 Å². The summed E-state index contributed by atoms with van der Waals surface area (Å²) in [6.45, 7) is 3.03. The number of thioether (sulfide) groups is 1. The summed E-state index contributed by atoms with van der Waals surface area (Å²) in [5.74, 6) is 1.94. The van der Waals surface area contributed by atoms with Crippen molar-refractivity contribution in [3.8, 4) is 0 Å². The monoisotopic (exact) mass is 417 g/mol. The minimum Gasteiger partial charge on any atom is -0.356 e. The summed E-state index contributed by atoms with van der Waals surface area (Å²) >= 11 is 1.87. The summed E-state index contributed by atoms with van der Waals surface area (Å²) in [6, 6.07) is 9.17. The second kappa shape index (κ2) is 10.1. The Balaban J connectivity index is 0.00000220. The fraction of sp³-hybridized carbons (Fsp3) is 0.438. The molecule has 2 rings (SSSR count). The predicted octanol–water partition coefficient (Wildman–Crippen LogP) is 3.59. The summed E-state index contributed by atoms with van der Waals surface area (Å²) in [4.78, 5) is 5.58. The van der Waals surface area contributed by atoms with Gasteiger partial charge in [-0.15, -0.1) is 35.7 Å². The Morgan fingerprint density at radius 3 is 2.52 bits per heavy atom. The number of aliphatic imine (C=N–C) groups is 1. The van der Waals surface area contributed by atoms with E-state index >= 15 is 0 Å². The molecule has 5 heteroatoms. The van der Waals surface area contributed by atoms with Crippen LogP contribution in [0.1, 0.15) is 18.4 Å². The molecule has 1 aromatic rings. The van der Waals surface area contributed by atoms with Gasteiger partial charge >= 0.3 is 0 Å². The molecule has 3 nitrogen and oxygen atoms in total. The zero-order chi connectivity index (χ0) is 14.2. The first-order valence-electron chi connectivity index (χ1n) is 7.09. The smallest absolute Gasteiger partial charge is 0.191 e. The minimum absolute atomic E-state index is 0. The van der Waals surface area contributed by atoms with Crippen LogP contribution in [0, 0.1) is 6.92 Å². The summed E-state index contributed by atoms with van der Waals surface area (Å²) in [5.41, 5.74) is 1.31. The average Bonchev–Trinajstić information content (AvgIpc) is 2.97. The Morgan fingerprint density at radius 2 is 1.90 bits per heavy atom. The normalized spacial score (nSPS) is 14.9. The van der Waals surface area contributed by atoms with Crippen LogP contribution in [0.5, 0.6) is 0 Å². The van der Waals surface area contributed by atoms with Crippen molar-refractivity contribution in [2.24, 2.45) is 4.99 Å². The van der Waals surface area contributed by atoms with E-state index in [-0.39, 0.29) is 24.0 Å². The van der Waals surface area contributed by atoms with E-state index in [1.807, 2.05) is 18.8 Å². The fourth-order valence-electron chi connectivity index (χ4n) is 2.10. The summed E-state index contributed by atoms with van der Waals surface area (Å²) < 4.78 is 0. The molecule has 1 aromatic carbocycles. The van der Waals surface area contributed by atoms with E-state index in [0.29, 0.717) is 6.04 Å². The van der Waals surface area contributed by atoms with E-state index in [2.05, 4.69) is 59.0 Å². The van der Waals surface area contributed by atoms with Gasteiger partial charge in [-0.3, -0.25) is 4.99 Å². The molecule has 0 atom stereocenters. The molecular weight excluding hydrogens is 393 g/mol. The lowest BCUT2D eigenvalue weighted by Gasteiger charge is -2.16. The van der Waals surface area contributed by atoms with Gasteiger partial charge in [0.15, 0.2) is 5.96 Å².